The zero-order valence-electron chi connectivity index (χ0n) is 44.2. The summed E-state index contributed by atoms with van der Waals surface area (Å²) in [5.74, 6) is -1.82. The third-order valence-corrected chi connectivity index (χ3v) is 14.2. The van der Waals surface area contributed by atoms with Crippen LogP contribution >= 0.6 is 0 Å². The SMILES string of the molecule is CC(C)(C)OC(=O)N1C(=O)[C@@]2(c3ccccc31)[C@H](c1ccccc1)C(c1ccccc1)=NN2c1ccccc1.CC(C)(C)OC(=O)N1C(=O)[C@@]2(c3ccccc31)[C@H](c1ccccc1)C(c1ccccc1)=NN2c1ccccc1. The van der Waals surface area contributed by atoms with E-state index in [-0.39, 0.29) is 0 Å². The van der Waals surface area contributed by atoms with Gasteiger partial charge in [-0.1, -0.05) is 194 Å². The smallest absolute Gasteiger partial charge is 0.421 e. The van der Waals surface area contributed by atoms with Crippen molar-refractivity contribution in [3.8, 4) is 0 Å². The first-order valence-corrected chi connectivity index (χ1v) is 26.1. The number of ether oxygens (including phenoxy) is 2. The number of hydrogen-bond acceptors (Lipinski definition) is 10. The van der Waals surface area contributed by atoms with Gasteiger partial charge in [0.15, 0.2) is 11.1 Å². The van der Waals surface area contributed by atoms with Gasteiger partial charge in [0.25, 0.3) is 11.8 Å². The fourth-order valence-corrected chi connectivity index (χ4v) is 11.3. The number of carbonyl (C=O) groups is 4. The summed E-state index contributed by atoms with van der Waals surface area (Å²) in [4.78, 5) is 59.6. The summed E-state index contributed by atoms with van der Waals surface area (Å²) in [7, 11) is 0. The average Bonchev–Trinajstić information content (AvgIpc) is 4.36. The van der Waals surface area contributed by atoms with Crippen molar-refractivity contribution in [1.29, 1.82) is 0 Å². The maximum Gasteiger partial charge on any atom is 0.421 e. The highest BCUT2D eigenvalue weighted by Crippen LogP contribution is 2.59. The summed E-state index contributed by atoms with van der Waals surface area (Å²) < 4.78 is 11.5. The van der Waals surface area contributed by atoms with E-state index in [1.807, 2.05) is 218 Å². The first-order valence-electron chi connectivity index (χ1n) is 26.1. The first-order chi connectivity index (χ1) is 37.6. The molecule has 2 spiro atoms. The predicted molar refractivity (Wildman–Crippen MR) is 306 cm³/mol. The van der Waals surface area contributed by atoms with E-state index in [0.29, 0.717) is 22.5 Å². The summed E-state index contributed by atoms with van der Waals surface area (Å²) in [6.45, 7) is 10.8. The Balaban J connectivity index is 0.000000165. The number of rotatable bonds is 6. The topological polar surface area (TPSA) is 124 Å². The van der Waals surface area contributed by atoms with Crippen LogP contribution in [0.25, 0.3) is 0 Å². The lowest BCUT2D eigenvalue weighted by molar-refractivity contribution is -0.123. The van der Waals surface area contributed by atoms with Crippen LogP contribution < -0.4 is 19.8 Å². The number of hydrazone groups is 2. The number of anilines is 4. The molecule has 0 aromatic heterocycles. The lowest BCUT2D eigenvalue weighted by Crippen LogP contribution is -2.54. The number of benzene rings is 8. The maximum absolute atomic E-state index is 15.0. The van der Waals surface area contributed by atoms with Gasteiger partial charge in [-0.2, -0.15) is 10.2 Å². The minimum absolute atomic E-state index is 0.398. The average molecular weight is 1030 g/mol. The zero-order chi connectivity index (χ0) is 54.4. The molecular weight excluding hydrogens is 973 g/mol. The molecular formula is C66H58N6O6. The summed E-state index contributed by atoms with van der Waals surface area (Å²) in [5, 5.41) is 14.0. The van der Waals surface area contributed by atoms with Gasteiger partial charge in [-0.25, -0.2) is 29.4 Å². The van der Waals surface area contributed by atoms with Gasteiger partial charge in [0.2, 0.25) is 0 Å². The van der Waals surface area contributed by atoms with Crippen molar-refractivity contribution in [3.63, 3.8) is 0 Å². The van der Waals surface area contributed by atoms with E-state index >= 15 is 0 Å². The lowest BCUT2D eigenvalue weighted by atomic mass is 9.72. The first kappa shape index (κ1) is 50.7. The monoisotopic (exact) mass is 1030 g/mol. The molecule has 78 heavy (non-hydrogen) atoms. The molecule has 4 aliphatic rings. The third kappa shape index (κ3) is 8.59. The Morgan fingerprint density at radius 1 is 0.397 bits per heavy atom. The van der Waals surface area contributed by atoms with E-state index in [2.05, 4.69) is 0 Å². The Morgan fingerprint density at radius 2 is 0.679 bits per heavy atom. The van der Waals surface area contributed by atoms with E-state index in [1.54, 1.807) is 63.7 Å². The molecule has 0 aliphatic carbocycles. The predicted octanol–water partition coefficient (Wildman–Crippen LogP) is 13.7. The maximum atomic E-state index is 15.0. The van der Waals surface area contributed by atoms with Gasteiger partial charge in [-0.15, -0.1) is 0 Å². The Labute approximate surface area is 454 Å². The van der Waals surface area contributed by atoms with Crippen LogP contribution in [0.1, 0.15) is 86.8 Å². The molecule has 0 unspecified atom stereocenters. The van der Waals surface area contributed by atoms with Gasteiger partial charge < -0.3 is 9.47 Å². The molecule has 4 amide bonds. The largest absolute Gasteiger partial charge is 0.443 e. The molecule has 8 aromatic rings. The highest BCUT2D eigenvalue weighted by molar-refractivity contribution is 6.28. The Bertz CT molecular complexity index is 3360. The lowest BCUT2D eigenvalue weighted by Gasteiger charge is -2.38. The van der Waals surface area contributed by atoms with Crippen LogP contribution in [-0.4, -0.2) is 46.6 Å². The van der Waals surface area contributed by atoms with E-state index in [0.717, 1.165) is 45.1 Å². The second kappa shape index (κ2) is 19.9. The van der Waals surface area contributed by atoms with Crippen LogP contribution in [0.4, 0.5) is 32.3 Å². The van der Waals surface area contributed by atoms with Gasteiger partial charge in [0.1, 0.15) is 11.2 Å². The minimum Gasteiger partial charge on any atom is -0.443 e. The fraction of sp³-hybridized carbons (Fsp3) is 0.182. The normalized spacial score (nSPS) is 20.2. The van der Waals surface area contributed by atoms with Crippen LogP contribution in [0.3, 0.4) is 0 Å². The highest BCUT2D eigenvalue weighted by Gasteiger charge is 2.68. The van der Waals surface area contributed by atoms with Crippen molar-refractivity contribution in [3.05, 3.63) is 264 Å². The Hall–Kier alpha value is -9.42. The van der Waals surface area contributed by atoms with Crippen LogP contribution in [-0.2, 0) is 30.1 Å². The second-order valence-corrected chi connectivity index (χ2v) is 21.5. The van der Waals surface area contributed by atoms with Crippen molar-refractivity contribution >= 4 is 58.2 Å². The molecule has 4 aliphatic heterocycles. The Morgan fingerprint density at radius 3 is 1.00 bits per heavy atom. The van der Waals surface area contributed by atoms with Gasteiger partial charge >= 0.3 is 12.2 Å². The van der Waals surface area contributed by atoms with Gasteiger partial charge in [-0.3, -0.25) is 9.59 Å². The zero-order valence-corrected chi connectivity index (χ0v) is 44.2. The molecule has 0 saturated carbocycles. The van der Waals surface area contributed by atoms with E-state index in [9.17, 15) is 19.2 Å². The molecule has 0 N–H and O–H groups in total. The number of amides is 4. The third-order valence-electron chi connectivity index (χ3n) is 14.2. The molecule has 12 nitrogen and oxygen atoms in total. The number of hydrogen-bond donors (Lipinski definition) is 0. The quantitative estimate of drug-likeness (QED) is 0.161. The number of imide groups is 2. The van der Waals surface area contributed by atoms with E-state index < -0.39 is 58.1 Å². The minimum atomic E-state index is -1.36. The highest BCUT2D eigenvalue weighted by atomic mass is 16.6. The number of fused-ring (bicyclic) bond motifs is 4. The molecule has 388 valence electrons. The summed E-state index contributed by atoms with van der Waals surface area (Å²) >= 11 is 0. The molecule has 0 bridgehead atoms. The van der Waals surface area contributed by atoms with E-state index in [1.165, 1.54) is 9.80 Å². The van der Waals surface area contributed by atoms with Crippen molar-refractivity contribution in [2.45, 2.75) is 75.7 Å². The molecule has 0 saturated heterocycles. The second-order valence-electron chi connectivity index (χ2n) is 21.5. The van der Waals surface area contributed by atoms with Crippen molar-refractivity contribution < 1.29 is 28.7 Å². The van der Waals surface area contributed by atoms with Gasteiger partial charge in [0.05, 0.1) is 46.0 Å². The molecule has 12 rings (SSSR count). The van der Waals surface area contributed by atoms with Gasteiger partial charge in [-0.05, 0) is 100 Å². The number of nitrogens with zero attached hydrogens (tertiary/aromatic N) is 6. The summed E-state index contributed by atoms with van der Waals surface area (Å²) in [6.07, 6.45) is -1.41. The number of carbonyl (C=O) groups excluding carboxylic acids is 4. The van der Waals surface area contributed by atoms with Crippen LogP contribution in [0.15, 0.2) is 241 Å². The molecule has 8 aromatic carbocycles. The molecule has 4 heterocycles. The van der Waals surface area contributed by atoms with Crippen molar-refractivity contribution in [1.82, 2.24) is 0 Å². The number of para-hydroxylation sites is 4. The van der Waals surface area contributed by atoms with E-state index in [4.69, 9.17) is 19.7 Å². The summed E-state index contributed by atoms with van der Waals surface area (Å²) in [6, 6.07) is 73.9. The summed E-state index contributed by atoms with van der Waals surface area (Å²) in [5.41, 5.74) is 4.80. The van der Waals surface area contributed by atoms with Gasteiger partial charge in [0, 0.05) is 11.1 Å². The van der Waals surface area contributed by atoms with Crippen LogP contribution in [0, 0.1) is 0 Å². The van der Waals surface area contributed by atoms with Crippen LogP contribution in [0.2, 0.25) is 0 Å². The standard InChI is InChI=1S/2C33H29N3O3/c2*1-32(2,3)39-31(38)35-27-22-14-13-21-26(27)33(30(35)37)28(23-15-7-4-8-16-23)29(24-17-9-5-10-18-24)34-36(33)25-19-11-6-12-20-25/h2*4-22,28H,1-3H3/t2*28-,33-/m11/s1. The molecule has 4 atom stereocenters. The Kier molecular flexibility index (Phi) is 13.0. The van der Waals surface area contributed by atoms with Crippen molar-refractivity contribution in [2.75, 3.05) is 19.8 Å². The van der Waals surface area contributed by atoms with Crippen LogP contribution in [0.5, 0.6) is 0 Å². The molecule has 0 fully saturated rings. The molecule has 12 heteroatoms. The van der Waals surface area contributed by atoms with Crippen molar-refractivity contribution in [2.24, 2.45) is 10.2 Å². The molecule has 0 radical (unpaired) electrons. The fourth-order valence-electron chi connectivity index (χ4n) is 11.3.